The number of carbonyl (C=O) groups is 3. The molecule has 0 fully saturated rings. The first kappa shape index (κ1) is 78.0. The maximum absolute atomic E-state index is 12.9. The predicted octanol–water partition coefficient (Wildman–Crippen LogP) is 23.7. The largest absolute Gasteiger partial charge is 0.462 e. The zero-order chi connectivity index (χ0) is 59.9. The molecular formula is C77H124O6. The number of allylic oxidation sites excluding steroid dienone is 26. The van der Waals surface area contributed by atoms with Gasteiger partial charge in [-0.3, -0.25) is 14.4 Å². The molecule has 0 N–H and O–H groups in total. The SMILES string of the molecule is CC/C=C\C/C=C\C/C=C\C/C=C\C/C=C\C/C=C\CCCCCCCCCCCCC(=O)OCC(COC(=O)CCCCCCC/C=C\C/C=C\CCC)OC(=O)CCCCCCCCC/C=C\C/C=C\C/C=C\C/C=C\C/C=C\CC. The molecule has 0 aromatic rings. The van der Waals surface area contributed by atoms with Crippen molar-refractivity contribution in [2.24, 2.45) is 0 Å². The van der Waals surface area contributed by atoms with Crippen molar-refractivity contribution in [1.82, 2.24) is 0 Å². The van der Waals surface area contributed by atoms with Crippen molar-refractivity contribution in [2.45, 2.75) is 297 Å². The Morgan fingerprint density at radius 2 is 0.470 bits per heavy atom. The molecule has 0 aliphatic carbocycles. The highest BCUT2D eigenvalue weighted by Gasteiger charge is 2.19. The summed E-state index contributed by atoms with van der Waals surface area (Å²) in [7, 11) is 0. The third kappa shape index (κ3) is 67.7. The number of unbranched alkanes of at least 4 members (excludes halogenated alkanes) is 23. The third-order valence-electron chi connectivity index (χ3n) is 14.0. The van der Waals surface area contributed by atoms with Crippen molar-refractivity contribution in [3.8, 4) is 0 Å². The minimum absolute atomic E-state index is 0.0949. The Kier molecular flexibility index (Phi) is 65.4. The molecule has 6 nitrogen and oxygen atoms in total. The molecular weight excluding hydrogens is 1020 g/mol. The standard InChI is InChI=1S/C77H124O6/c1-4-7-10-13-16-19-22-25-27-29-31-33-35-36-37-38-39-40-42-43-45-47-49-52-55-58-61-64-67-70-76(79)82-73-74(72-81-75(78)69-66-63-60-57-54-51-24-21-18-15-12-9-6-3)83-77(80)71-68-65-62-59-56-53-50-48-46-44-41-34-32-30-28-26-23-20-17-14-11-8-5-2/h7-8,10-12,15-17,19-21,24-28,31-34,36-37,39-40,44,46,74H,4-6,9,13-14,18,22-23,29-30,35,38,41-43,45,47-73H2,1-3H3/b10-7-,11-8-,15-12-,19-16-,20-17-,24-21-,27-25-,28-26-,33-31-,34-32-,37-36-,40-39-,46-44-. The monoisotopic (exact) mass is 1140 g/mol. The number of hydrogen-bond acceptors (Lipinski definition) is 6. The first-order valence-corrected chi connectivity index (χ1v) is 34.0. The molecule has 0 amide bonds. The lowest BCUT2D eigenvalue weighted by Crippen LogP contribution is -2.30. The molecule has 0 bridgehead atoms. The number of rotatable bonds is 60. The minimum Gasteiger partial charge on any atom is -0.462 e. The van der Waals surface area contributed by atoms with Crippen LogP contribution in [0.3, 0.4) is 0 Å². The second kappa shape index (κ2) is 69.5. The molecule has 0 spiro atoms. The zero-order valence-corrected chi connectivity index (χ0v) is 53.7. The van der Waals surface area contributed by atoms with E-state index < -0.39 is 6.10 Å². The quantitative estimate of drug-likeness (QED) is 0.0261. The van der Waals surface area contributed by atoms with Crippen molar-refractivity contribution in [2.75, 3.05) is 13.2 Å². The maximum Gasteiger partial charge on any atom is 0.306 e. The van der Waals surface area contributed by atoms with Crippen LogP contribution in [-0.4, -0.2) is 37.2 Å². The zero-order valence-electron chi connectivity index (χ0n) is 53.7. The number of hydrogen-bond donors (Lipinski definition) is 0. The van der Waals surface area contributed by atoms with Crippen LogP contribution >= 0.6 is 0 Å². The lowest BCUT2D eigenvalue weighted by molar-refractivity contribution is -0.167. The second-order valence-corrected chi connectivity index (χ2v) is 22.0. The molecule has 1 unspecified atom stereocenters. The summed E-state index contributed by atoms with van der Waals surface area (Å²) in [6, 6.07) is 0. The van der Waals surface area contributed by atoms with E-state index in [1.165, 1.54) is 77.0 Å². The van der Waals surface area contributed by atoms with Crippen LogP contribution < -0.4 is 0 Å². The van der Waals surface area contributed by atoms with E-state index in [0.717, 1.165) is 173 Å². The second-order valence-electron chi connectivity index (χ2n) is 22.0. The number of ether oxygens (including phenoxy) is 3. The molecule has 1 atom stereocenters. The summed E-state index contributed by atoms with van der Waals surface area (Å²) in [4.78, 5) is 38.4. The van der Waals surface area contributed by atoms with Crippen LogP contribution in [0.5, 0.6) is 0 Å². The summed E-state index contributed by atoms with van der Waals surface area (Å²) in [6.45, 7) is 6.33. The summed E-state index contributed by atoms with van der Waals surface area (Å²) in [5.41, 5.74) is 0. The Balaban J connectivity index is 4.36. The van der Waals surface area contributed by atoms with Gasteiger partial charge in [0.25, 0.3) is 0 Å². The molecule has 0 aliphatic rings. The summed E-state index contributed by atoms with van der Waals surface area (Å²) in [5, 5.41) is 0. The van der Waals surface area contributed by atoms with Gasteiger partial charge < -0.3 is 14.2 Å². The minimum atomic E-state index is -0.801. The van der Waals surface area contributed by atoms with E-state index in [4.69, 9.17) is 14.2 Å². The first-order chi connectivity index (χ1) is 41.0. The van der Waals surface area contributed by atoms with Crippen LogP contribution in [0.4, 0.5) is 0 Å². The van der Waals surface area contributed by atoms with Gasteiger partial charge >= 0.3 is 17.9 Å². The molecule has 0 saturated carbocycles. The third-order valence-corrected chi connectivity index (χ3v) is 14.0. The van der Waals surface area contributed by atoms with Gasteiger partial charge in [-0.2, -0.15) is 0 Å². The summed E-state index contributed by atoms with van der Waals surface area (Å²) in [5.74, 6) is -0.924. The molecule has 468 valence electrons. The molecule has 0 aromatic carbocycles. The fourth-order valence-electron chi connectivity index (χ4n) is 8.98. The van der Waals surface area contributed by atoms with E-state index in [0.29, 0.717) is 19.3 Å². The van der Waals surface area contributed by atoms with E-state index in [1.54, 1.807) is 0 Å². The van der Waals surface area contributed by atoms with Gasteiger partial charge in [0, 0.05) is 19.3 Å². The van der Waals surface area contributed by atoms with Crippen LogP contribution in [0.25, 0.3) is 0 Å². The molecule has 0 aromatic heterocycles. The van der Waals surface area contributed by atoms with Crippen molar-refractivity contribution in [3.05, 3.63) is 158 Å². The van der Waals surface area contributed by atoms with Gasteiger partial charge in [-0.15, -0.1) is 0 Å². The number of esters is 3. The van der Waals surface area contributed by atoms with Gasteiger partial charge in [0.05, 0.1) is 0 Å². The fourth-order valence-corrected chi connectivity index (χ4v) is 8.98. The topological polar surface area (TPSA) is 78.9 Å². The Morgan fingerprint density at radius 3 is 0.735 bits per heavy atom. The molecule has 0 aliphatic heterocycles. The fraction of sp³-hybridized carbons (Fsp3) is 0.623. The molecule has 0 radical (unpaired) electrons. The molecule has 0 saturated heterocycles. The van der Waals surface area contributed by atoms with Gasteiger partial charge in [0.15, 0.2) is 6.10 Å². The summed E-state index contributed by atoms with van der Waals surface area (Å²) < 4.78 is 16.9. The average Bonchev–Trinajstić information content (AvgIpc) is 3.49. The Hall–Kier alpha value is -4.97. The summed E-state index contributed by atoms with van der Waals surface area (Å²) in [6.07, 6.45) is 101. The van der Waals surface area contributed by atoms with Crippen molar-refractivity contribution in [1.29, 1.82) is 0 Å². The van der Waals surface area contributed by atoms with Crippen LogP contribution in [0, 0.1) is 0 Å². The first-order valence-electron chi connectivity index (χ1n) is 34.0. The lowest BCUT2D eigenvalue weighted by atomic mass is 10.1. The lowest BCUT2D eigenvalue weighted by Gasteiger charge is -2.18. The van der Waals surface area contributed by atoms with E-state index in [1.807, 2.05) is 0 Å². The van der Waals surface area contributed by atoms with E-state index in [2.05, 4.69) is 179 Å². The number of carbonyl (C=O) groups excluding carboxylic acids is 3. The maximum atomic E-state index is 12.9. The molecule has 0 heterocycles. The van der Waals surface area contributed by atoms with Crippen molar-refractivity contribution >= 4 is 17.9 Å². The van der Waals surface area contributed by atoms with E-state index in [-0.39, 0.29) is 31.1 Å². The molecule has 6 heteroatoms. The molecule has 83 heavy (non-hydrogen) atoms. The van der Waals surface area contributed by atoms with Gasteiger partial charge in [-0.05, 0) is 141 Å². The highest BCUT2D eigenvalue weighted by molar-refractivity contribution is 5.71. The Labute approximate surface area is 511 Å². The van der Waals surface area contributed by atoms with Gasteiger partial charge in [0.2, 0.25) is 0 Å². The van der Waals surface area contributed by atoms with E-state index >= 15 is 0 Å². The van der Waals surface area contributed by atoms with E-state index in [9.17, 15) is 14.4 Å². The summed E-state index contributed by atoms with van der Waals surface area (Å²) >= 11 is 0. The van der Waals surface area contributed by atoms with Gasteiger partial charge in [-0.25, -0.2) is 0 Å². The average molecular weight is 1150 g/mol. The Bertz CT molecular complexity index is 1840. The van der Waals surface area contributed by atoms with Crippen LogP contribution in [0.15, 0.2) is 158 Å². The van der Waals surface area contributed by atoms with Gasteiger partial charge in [0.1, 0.15) is 13.2 Å². The highest BCUT2D eigenvalue weighted by atomic mass is 16.6. The highest BCUT2D eigenvalue weighted by Crippen LogP contribution is 2.15. The Morgan fingerprint density at radius 1 is 0.253 bits per heavy atom. The van der Waals surface area contributed by atoms with Crippen molar-refractivity contribution in [3.63, 3.8) is 0 Å². The van der Waals surface area contributed by atoms with Gasteiger partial charge in [-0.1, -0.05) is 288 Å². The normalized spacial score (nSPS) is 13.1. The van der Waals surface area contributed by atoms with Crippen LogP contribution in [0.2, 0.25) is 0 Å². The smallest absolute Gasteiger partial charge is 0.306 e. The van der Waals surface area contributed by atoms with Crippen LogP contribution in [0.1, 0.15) is 290 Å². The predicted molar refractivity (Wildman–Crippen MR) is 362 cm³/mol. The van der Waals surface area contributed by atoms with Crippen molar-refractivity contribution < 1.29 is 28.6 Å². The van der Waals surface area contributed by atoms with Crippen LogP contribution in [-0.2, 0) is 28.6 Å². The molecule has 0 rings (SSSR count).